The van der Waals surface area contributed by atoms with Crippen molar-refractivity contribution in [3.05, 3.63) is 53.3 Å². The molecule has 1 aromatic rings. The molecule has 1 heterocycles. The van der Waals surface area contributed by atoms with E-state index in [9.17, 15) is 20.1 Å². The molecule has 3 rings (SSSR count). The highest BCUT2D eigenvalue weighted by Gasteiger charge is 2.39. The highest BCUT2D eigenvalue weighted by Crippen LogP contribution is 2.39. The van der Waals surface area contributed by atoms with Crippen LogP contribution in [0.4, 0.5) is 0 Å². The fourth-order valence-electron chi connectivity index (χ4n) is 2.66. The van der Waals surface area contributed by atoms with Crippen LogP contribution < -0.4 is 4.74 Å². The number of hydrogen-bond donors (Lipinski definition) is 3. The maximum absolute atomic E-state index is 12.4. The fourth-order valence-corrected chi connectivity index (χ4v) is 2.66. The third-order valence-electron chi connectivity index (χ3n) is 3.82. The number of aromatic hydroxyl groups is 2. The normalized spacial score (nSPS) is 23.3. The molecule has 1 aliphatic carbocycles. The van der Waals surface area contributed by atoms with E-state index in [4.69, 9.17) is 9.47 Å². The van der Waals surface area contributed by atoms with Gasteiger partial charge in [-0.05, 0) is 24.1 Å². The third-order valence-corrected chi connectivity index (χ3v) is 3.82. The first kappa shape index (κ1) is 15.2. The summed E-state index contributed by atoms with van der Waals surface area (Å²) in [6, 6.07) is 2.28. The van der Waals surface area contributed by atoms with Gasteiger partial charge in [0.2, 0.25) is 5.78 Å². The number of ether oxygens (including phenoxy) is 2. The topological polar surface area (TPSA) is 96.2 Å². The molecule has 1 aromatic carbocycles. The molecule has 0 fully saturated rings. The van der Waals surface area contributed by atoms with Gasteiger partial charge in [0.25, 0.3) is 0 Å². The van der Waals surface area contributed by atoms with Crippen LogP contribution in [0.3, 0.4) is 0 Å². The zero-order valence-electron chi connectivity index (χ0n) is 12.4. The molecular formula is C17H16O6. The molecule has 2 unspecified atom stereocenters. The second kappa shape index (κ2) is 5.81. The number of ketones is 1. The number of hydrogen-bond acceptors (Lipinski definition) is 6. The van der Waals surface area contributed by atoms with Crippen molar-refractivity contribution in [2.24, 2.45) is 0 Å². The highest BCUT2D eigenvalue weighted by molar-refractivity contribution is 6.05. The van der Waals surface area contributed by atoms with Crippen LogP contribution in [0.25, 0.3) is 0 Å². The molecule has 2 aliphatic rings. The summed E-state index contributed by atoms with van der Waals surface area (Å²) >= 11 is 0. The third kappa shape index (κ3) is 2.68. The Hall–Kier alpha value is -2.73. The summed E-state index contributed by atoms with van der Waals surface area (Å²) in [4.78, 5) is 12.4. The quantitative estimate of drug-likeness (QED) is 0.770. The predicted octanol–water partition coefficient (Wildman–Crippen LogP) is 1.82. The van der Waals surface area contributed by atoms with Crippen LogP contribution in [0.1, 0.15) is 16.8 Å². The first-order valence-electron chi connectivity index (χ1n) is 7.07. The van der Waals surface area contributed by atoms with Gasteiger partial charge in [-0.25, -0.2) is 0 Å². The minimum Gasteiger partial charge on any atom is -0.508 e. The lowest BCUT2D eigenvalue weighted by Gasteiger charge is -2.31. The van der Waals surface area contributed by atoms with Gasteiger partial charge in [0.05, 0.1) is 7.11 Å². The van der Waals surface area contributed by atoms with Gasteiger partial charge in [-0.1, -0.05) is 12.2 Å². The van der Waals surface area contributed by atoms with E-state index in [0.717, 1.165) is 6.07 Å². The van der Waals surface area contributed by atoms with Crippen LogP contribution >= 0.6 is 0 Å². The van der Waals surface area contributed by atoms with Gasteiger partial charge in [-0.15, -0.1) is 0 Å². The largest absolute Gasteiger partial charge is 0.508 e. The van der Waals surface area contributed by atoms with Crippen molar-refractivity contribution in [1.29, 1.82) is 0 Å². The molecule has 0 saturated heterocycles. The summed E-state index contributed by atoms with van der Waals surface area (Å²) in [7, 11) is 1.55. The van der Waals surface area contributed by atoms with Crippen molar-refractivity contribution in [2.75, 3.05) is 7.11 Å². The smallest absolute Gasteiger partial charge is 0.202 e. The van der Waals surface area contributed by atoms with E-state index in [2.05, 4.69) is 0 Å². The van der Waals surface area contributed by atoms with Crippen LogP contribution in [-0.2, 0) is 4.74 Å². The van der Waals surface area contributed by atoms with E-state index in [1.54, 1.807) is 25.3 Å². The van der Waals surface area contributed by atoms with E-state index in [1.165, 1.54) is 6.07 Å². The molecule has 0 amide bonds. The molecule has 0 saturated carbocycles. The number of carbonyl (C=O) groups is 1. The van der Waals surface area contributed by atoms with Crippen molar-refractivity contribution >= 4 is 5.78 Å². The number of rotatable bonds is 2. The van der Waals surface area contributed by atoms with Crippen LogP contribution in [0, 0.1) is 0 Å². The summed E-state index contributed by atoms with van der Waals surface area (Å²) in [6.45, 7) is 0. The van der Waals surface area contributed by atoms with E-state index < -0.39 is 23.7 Å². The van der Waals surface area contributed by atoms with Gasteiger partial charge >= 0.3 is 0 Å². The minimum atomic E-state index is -1.44. The fraction of sp³-hybridized carbons (Fsp3) is 0.235. The number of phenols is 2. The van der Waals surface area contributed by atoms with Gasteiger partial charge in [-0.3, -0.25) is 4.79 Å². The minimum absolute atomic E-state index is 0.0490. The molecule has 1 aliphatic heterocycles. The second-order valence-electron chi connectivity index (χ2n) is 5.31. The Bertz CT molecular complexity index is 744. The second-order valence-corrected chi connectivity index (χ2v) is 5.31. The number of Topliss-reactive ketones (excluding diaryl/α,β-unsaturated/α-hetero) is 1. The zero-order valence-corrected chi connectivity index (χ0v) is 12.4. The predicted molar refractivity (Wildman–Crippen MR) is 81.5 cm³/mol. The monoisotopic (exact) mass is 316 g/mol. The standard InChI is InChI=1S/C17H16O6/c1-22-11-4-2-3-9(5-6-11)17-16(21)15(20)14-12(19)7-10(18)8-13(14)23-17/h2,4-8,16-19,21H,3H2,1H3. The average molecular weight is 316 g/mol. The van der Waals surface area contributed by atoms with Gasteiger partial charge in [0.1, 0.15) is 28.6 Å². The van der Waals surface area contributed by atoms with Crippen LogP contribution in [0.15, 0.2) is 47.8 Å². The molecule has 6 nitrogen and oxygen atoms in total. The molecular weight excluding hydrogens is 300 g/mol. The lowest BCUT2D eigenvalue weighted by atomic mass is 9.91. The van der Waals surface area contributed by atoms with Gasteiger partial charge in [0, 0.05) is 12.1 Å². The number of aliphatic hydroxyl groups excluding tert-OH is 1. The van der Waals surface area contributed by atoms with E-state index >= 15 is 0 Å². The maximum atomic E-state index is 12.4. The molecule has 3 N–H and O–H groups in total. The van der Waals surface area contributed by atoms with Crippen LogP contribution in [-0.4, -0.2) is 40.4 Å². The Morgan fingerprint density at radius 1 is 1.26 bits per heavy atom. The molecule has 23 heavy (non-hydrogen) atoms. The number of carbonyl (C=O) groups excluding carboxylic acids is 1. The molecule has 0 aromatic heterocycles. The lowest BCUT2D eigenvalue weighted by Crippen LogP contribution is -2.43. The highest BCUT2D eigenvalue weighted by atomic mass is 16.5. The lowest BCUT2D eigenvalue weighted by molar-refractivity contribution is 0.0333. The Morgan fingerprint density at radius 3 is 2.78 bits per heavy atom. The van der Waals surface area contributed by atoms with Crippen molar-refractivity contribution < 1.29 is 29.6 Å². The van der Waals surface area contributed by atoms with Gasteiger partial charge in [-0.2, -0.15) is 0 Å². The SMILES string of the molecule is COC1=CC=C(C2Oc3cc(O)cc(O)c3C(=O)C2O)CC=C1. The number of phenolic OH excluding ortho intramolecular Hbond substituents is 2. The number of benzene rings is 1. The molecule has 0 bridgehead atoms. The number of fused-ring (bicyclic) bond motifs is 1. The van der Waals surface area contributed by atoms with Crippen molar-refractivity contribution in [2.45, 2.75) is 18.6 Å². The van der Waals surface area contributed by atoms with E-state index in [-0.39, 0.29) is 17.1 Å². The first-order valence-corrected chi connectivity index (χ1v) is 7.07. The average Bonchev–Trinajstić information content (AvgIpc) is 2.75. The summed E-state index contributed by atoms with van der Waals surface area (Å²) in [5, 5.41) is 29.7. The molecule has 0 radical (unpaired) electrons. The van der Waals surface area contributed by atoms with E-state index in [0.29, 0.717) is 17.8 Å². The Kier molecular flexibility index (Phi) is 3.83. The van der Waals surface area contributed by atoms with E-state index in [1.807, 2.05) is 6.08 Å². The maximum Gasteiger partial charge on any atom is 0.202 e. The van der Waals surface area contributed by atoms with Crippen molar-refractivity contribution in [3.8, 4) is 17.2 Å². The van der Waals surface area contributed by atoms with Crippen LogP contribution in [0.5, 0.6) is 17.2 Å². The molecule has 2 atom stereocenters. The number of aliphatic hydroxyl groups is 1. The van der Waals surface area contributed by atoms with Gasteiger partial charge < -0.3 is 24.8 Å². The first-order chi connectivity index (χ1) is 11.0. The Balaban J connectivity index is 2.00. The Labute approximate surface area is 132 Å². The summed E-state index contributed by atoms with van der Waals surface area (Å²) in [5.74, 6) is -0.585. The molecule has 6 heteroatoms. The van der Waals surface area contributed by atoms with Crippen LogP contribution in [0.2, 0.25) is 0 Å². The number of methoxy groups -OCH3 is 1. The Morgan fingerprint density at radius 2 is 2.04 bits per heavy atom. The summed E-state index contributed by atoms with van der Waals surface area (Å²) < 4.78 is 10.8. The number of allylic oxidation sites excluding steroid dienone is 4. The molecule has 0 spiro atoms. The summed E-state index contributed by atoms with van der Waals surface area (Å²) in [6.07, 6.45) is 5.21. The van der Waals surface area contributed by atoms with Gasteiger partial charge in [0.15, 0.2) is 12.2 Å². The zero-order chi connectivity index (χ0) is 16.6. The molecule has 120 valence electrons. The summed E-state index contributed by atoms with van der Waals surface area (Å²) in [5.41, 5.74) is 0.562. The van der Waals surface area contributed by atoms with Crippen molar-refractivity contribution in [1.82, 2.24) is 0 Å². The van der Waals surface area contributed by atoms with Crippen molar-refractivity contribution in [3.63, 3.8) is 0 Å².